The van der Waals surface area contributed by atoms with Gasteiger partial charge in [0.2, 0.25) is 0 Å². The molecular formula is C12H20N2S2. The fraction of sp³-hybridized carbons (Fsp3) is 0.750. The molecule has 0 bridgehead atoms. The Hall–Kier alpha value is -0.0600. The van der Waals surface area contributed by atoms with Gasteiger partial charge in [-0.1, -0.05) is 6.42 Å². The minimum absolute atomic E-state index is 0.489. The van der Waals surface area contributed by atoms with Crippen molar-refractivity contribution in [3.63, 3.8) is 0 Å². The van der Waals surface area contributed by atoms with Crippen molar-refractivity contribution in [2.24, 2.45) is 5.41 Å². The van der Waals surface area contributed by atoms with Gasteiger partial charge in [-0.05, 0) is 38.0 Å². The second kappa shape index (κ2) is 5.07. The second-order valence-corrected chi connectivity index (χ2v) is 6.42. The topological polar surface area (TPSA) is 16.1 Å². The highest BCUT2D eigenvalue weighted by Gasteiger charge is 2.36. The minimum atomic E-state index is 0.489. The Labute approximate surface area is 107 Å². The van der Waals surface area contributed by atoms with Crippen molar-refractivity contribution in [2.75, 3.05) is 19.3 Å². The highest BCUT2D eigenvalue weighted by molar-refractivity contribution is 7.80. The molecule has 0 atom stereocenters. The van der Waals surface area contributed by atoms with Crippen LogP contribution in [0.4, 0.5) is 0 Å². The predicted molar refractivity (Wildman–Crippen MR) is 73.3 cm³/mol. The number of aryl methyl sites for hydroxylation is 1. The minimum Gasteiger partial charge on any atom is -0.300 e. The SMILES string of the molecule is Cc1nc(CN(C)CC2(CS)CCC2)cs1. The first-order valence-corrected chi connectivity index (χ1v) is 7.35. The Morgan fingerprint density at radius 2 is 2.31 bits per heavy atom. The Morgan fingerprint density at radius 1 is 1.56 bits per heavy atom. The van der Waals surface area contributed by atoms with E-state index >= 15 is 0 Å². The van der Waals surface area contributed by atoms with Crippen LogP contribution >= 0.6 is 24.0 Å². The van der Waals surface area contributed by atoms with E-state index in [-0.39, 0.29) is 0 Å². The van der Waals surface area contributed by atoms with Crippen LogP contribution in [0.1, 0.15) is 30.0 Å². The summed E-state index contributed by atoms with van der Waals surface area (Å²) in [6, 6.07) is 0. The van der Waals surface area contributed by atoms with Crippen LogP contribution in [-0.2, 0) is 6.54 Å². The number of hydrogen-bond acceptors (Lipinski definition) is 4. The van der Waals surface area contributed by atoms with Crippen LogP contribution in [0.15, 0.2) is 5.38 Å². The molecule has 1 fully saturated rings. The van der Waals surface area contributed by atoms with Gasteiger partial charge in [0, 0.05) is 18.5 Å². The van der Waals surface area contributed by atoms with Crippen molar-refractivity contribution >= 4 is 24.0 Å². The largest absolute Gasteiger partial charge is 0.300 e. The monoisotopic (exact) mass is 256 g/mol. The van der Waals surface area contributed by atoms with Crippen molar-refractivity contribution in [1.82, 2.24) is 9.88 Å². The molecule has 0 N–H and O–H groups in total. The van der Waals surface area contributed by atoms with E-state index in [0.29, 0.717) is 5.41 Å². The van der Waals surface area contributed by atoms with E-state index in [4.69, 9.17) is 0 Å². The summed E-state index contributed by atoms with van der Waals surface area (Å²) in [7, 11) is 2.19. The normalized spacial score (nSPS) is 18.8. The summed E-state index contributed by atoms with van der Waals surface area (Å²) >= 11 is 6.23. The van der Waals surface area contributed by atoms with Crippen molar-refractivity contribution in [2.45, 2.75) is 32.7 Å². The lowest BCUT2D eigenvalue weighted by atomic mass is 9.70. The second-order valence-electron chi connectivity index (χ2n) is 5.04. The van der Waals surface area contributed by atoms with E-state index in [1.54, 1.807) is 11.3 Å². The van der Waals surface area contributed by atoms with Gasteiger partial charge in [-0.25, -0.2) is 4.98 Å². The molecule has 1 aliphatic rings. The molecule has 2 rings (SSSR count). The number of aromatic nitrogens is 1. The molecule has 1 heterocycles. The predicted octanol–water partition coefficient (Wildman–Crippen LogP) is 2.98. The highest BCUT2D eigenvalue weighted by atomic mass is 32.1. The van der Waals surface area contributed by atoms with E-state index in [9.17, 15) is 0 Å². The summed E-state index contributed by atoms with van der Waals surface area (Å²) in [5.41, 5.74) is 1.70. The van der Waals surface area contributed by atoms with E-state index in [0.717, 1.165) is 23.8 Å². The molecule has 0 unspecified atom stereocenters. The number of thiol groups is 1. The third kappa shape index (κ3) is 2.79. The van der Waals surface area contributed by atoms with Crippen LogP contribution in [0.25, 0.3) is 0 Å². The Kier molecular flexibility index (Phi) is 3.93. The lowest BCUT2D eigenvalue weighted by Gasteiger charge is -2.43. The van der Waals surface area contributed by atoms with Gasteiger partial charge in [-0.3, -0.25) is 4.90 Å². The first kappa shape index (κ1) is 12.4. The molecule has 0 saturated heterocycles. The van der Waals surface area contributed by atoms with Crippen molar-refractivity contribution in [1.29, 1.82) is 0 Å². The third-order valence-electron chi connectivity index (χ3n) is 3.45. The van der Waals surface area contributed by atoms with Gasteiger partial charge in [0.05, 0.1) is 10.7 Å². The van der Waals surface area contributed by atoms with Gasteiger partial charge in [-0.15, -0.1) is 11.3 Å². The molecule has 1 aromatic heterocycles. The fourth-order valence-corrected chi connectivity index (χ4v) is 3.45. The van der Waals surface area contributed by atoms with Gasteiger partial charge in [0.15, 0.2) is 0 Å². The third-order valence-corrected chi connectivity index (χ3v) is 4.95. The molecule has 0 aliphatic heterocycles. The molecule has 1 aromatic rings. The summed E-state index contributed by atoms with van der Waals surface area (Å²) < 4.78 is 0. The van der Waals surface area contributed by atoms with Crippen LogP contribution in [0.5, 0.6) is 0 Å². The quantitative estimate of drug-likeness (QED) is 0.815. The Morgan fingerprint density at radius 3 is 2.75 bits per heavy atom. The molecule has 1 saturated carbocycles. The summed E-state index contributed by atoms with van der Waals surface area (Å²) in [4.78, 5) is 6.90. The van der Waals surface area contributed by atoms with Crippen LogP contribution < -0.4 is 0 Å². The molecular weight excluding hydrogens is 236 g/mol. The van der Waals surface area contributed by atoms with Gasteiger partial charge in [0.1, 0.15) is 0 Å². The molecule has 1 aliphatic carbocycles. The first-order valence-electron chi connectivity index (χ1n) is 5.84. The summed E-state index contributed by atoms with van der Waals surface area (Å²) in [6.07, 6.45) is 4.07. The smallest absolute Gasteiger partial charge is 0.0897 e. The molecule has 0 aromatic carbocycles. The lowest BCUT2D eigenvalue weighted by Crippen LogP contribution is -2.42. The van der Waals surface area contributed by atoms with Crippen molar-refractivity contribution in [3.8, 4) is 0 Å². The van der Waals surface area contributed by atoms with Gasteiger partial charge in [0.25, 0.3) is 0 Å². The zero-order valence-corrected chi connectivity index (χ0v) is 11.8. The van der Waals surface area contributed by atoms with Crippen LogP contribution in [0.2, 0.25) is 0 Å². The average molecular weight is 256 g/mol. The van der Waals surface area contributed by atoms with Gasteiger partial charge in [-0.2, -0.15) is 12.6 Å². The number of thiazole rings is 1. The molecule has 0 radical (unpaired) electrons. The van der Waals surface area contributed by atoms with Crippen molar-refractivity contribution in [3.05, 3.63) is 16.1 Å². The number of rotatable bonds is 5. The van der Waals surface area contributed by atoms with E-state index in [1.807, 2.05) is 0 Å². The number of hydrogen-bond donors (Lipinski definition) is 1. The van der Waals surface area contributed by atoms with E-state index in [2.05, 4.69) is 41.9 Å². The van der Waals surface area contributed by atoms with Crippen LogP contribution in [0, 0.1) is 12.3 Å². The average Bonchev–Trinajstić information content (AvgIpc) is 2.57. The molecule has 0 spiro atoms. The molecule has 4 heteroatoms. The zero-order valence-electron chi connectivity index (χ0n) is 10.1. The summed E-state index contributed by atoms with van der Waals surface area (Å²) in [5, 5.41) is 3.33. The lowest BCUT2D eigenvalue weighted by molar-refractivity contribution is 0.101. The van der Waals surface area contributed by atoms with Crippen molar-refractivity contribution < 1.29 is 0 Å². The molecule has 2 nitrogen and oxygen atoms in total. The van der Waals surface area contributed by atoms with E-state index < -0.39 is 0 Å². The maximum absolute atomic E-state index is 4.51. The fourth-order valence-electron chi connectivity index (χ4n) is 2.43. The highest BCUT2D eigenvalue weighted by Crippen LogP contribution is 2.42. The van der Waals surface area contributed by atoms with Gasteiger partial charge < -0.3 is 0 Å². The zero-order chi connectivity index (χ0) is 11.6. The summed E-state index contributed by atoms with van der Waals surface area (Å²) in [5.74, 6) is 1.02. The van der Waals surface area contributed by atoms with Crippen LogP contribution in [0.3, 0.4) is 0 Å². The van der Waals surface area contributed by atoms with E-state index in [1.165, 1.54) is 25.0 Å². The van der Waals surface area contributed by atoms with Gasteiger partial charge >= 0.3 is 0 Å². The Bertz CT molecular complexity index is 339. The Balaban J connectivity index is 1.86. The molecule has 16 heavy (non-hydrogen) atoms. The van der Waals surface area contributed by atoms with Crippen LogP contribution in [-0.4, -0.2) is 29.2 Å². The maximum Gasteiger partial charge on any atom is 0.0897 e. The maximum atomic E-state index is 4.51. The number of nitrogens with zero attached hydrogens (tertiary/aromatic N) is 2. The summed E-state index contributed by atoms with van der Waals surface area (Å²) in [6.45, 7) is 4.20. The molecule has 0 amide bonds. The first-order chi connectivity index (χ1) is 7.63. The molecule has 90 valence electrons. The standard InChI is InChI=1S/C12H20N2S2/c1-10-13-11(7-16-10)6-14(2)8-12(9-15)4-3-5-12/h7,15H,3-6,8-9H2,1-2H3.